The van der Waals surface area contributed by atoms with Crippen LogP contribution in [0, 0.1) is 26.7 Å². The highest BCUT2D eigenvalue weighted by atomic mass is 16.2. The second kappa shape index (κ2) is 6.14. The molecule has 5 nitrogen and oxygen atoms in total. The summed E-state index contributed by atoms with van der Waals surface area (Å²) in [6, 6.07) is 4.02. The summed E-state index contributed by atoms with van der Waals surface area (Å²) in [5.41, 5.74) is 7.10. The Morgan fingerprint density at radius 2 is 2.00 bits per heavy atom. The Morgan fingerprint density at radius 1 is 1.20 bits per heavy atom. The zero-order valence-corrected chi connectivity index (χ0v) is 15.1. The molecule has 5 heteroatoms. The minimum absolute atomic E-state index is 0.253. The molecule has 25 heavy (non-hydrogen) atoms. The minimum atomic E-state index is 0.253. The lowest BCUT2D eigenvalue weighted by Gasteiger charge is -2.41. The van der Waals surface area contributed by atoms with E-state index in [0.29, 0.717) is 25.4 Å². The minimum Gasteiger partial charge on any atom is -0.370 e. The van der Waals surface area contributed by atoms with Crippen LogP contribution in [0.3, 0.4) is 0 Å². The van der Waals surface area contributed by atoms with Gasteiger partial charge in [0.15, 0.2) is 0 Å². The van der Waals surface area contributed by atoms with Gasteiger partial charge in [-0.15, -0.1) is 0 Å². The molecule has 0 atom stereocenters. The number of carbonyl (C=O) groups is 1. The van der Waals surface area contributed by atoms with E-state index in [9.17, 15) is 4.79 Å². The van der Waals surface area contributed by atoms with Gasteiger partial charge in [0.05, 0.1) is 24.1 Å². The average molecular weight is 336 g/mol. The molecular weight excluding hydrogens is 312 g/mol. The second-order valence-electron chi connectivity index (χ2n) is 7.31. The smallest absolute Gasteiger partial charge is 0.223 e. The highest BCUT2D eigenvalue weighted by Gasteiger charge is 2.33. The summed E-state index contributed by atoms with van der Waals surface area (Å²) in [6.45, 7) is 9.57. The van der Waals surface area contributed by atoms with Crippen LogP contribution in [0.4, 0.5) is 5.69 Å². The van der Waals surface area contributed by atoms with Crippen LogP contribution in [0.25, 0.3) is 0 Å². The highest BCUT2D eigenvalue weighted by Crippen LogP contribution is 2.30. The fraction of sp³-hybridized carbons (Fsp3) is 0.450. The van der Waals surface area contributed by atoms with Gasteiger partial charge in [0.1, 0.15) is 0 Å². The summed E-state index contributed by atoms with van der Waals surface area (Å²) in [4.78, 5) is 25.8. The first-order valence-electron chi connectivity index (χ1n) is 8.91. The maximum Gasteiger partial charge on any atom is 0.223 e. The molecule has 1 saturated heterocycles. The predicted octanol–water partition coefficient (Wildman–Crippen LogP) is 2.77. The van der Waals surface area contributed by atoms with Crippen LogP contribution in [-0.2, 0) is 17.9 Å². The third-order valence-corrected chi connectivity index (χ3v) is 5.68. The number of aryl methyl sites for hydroxylation is 1. The summed E-state index contributed by atoms with van der Waals surface area (Å²) < 4.78 is 0. The quantitative estimate of drug-likeness (QED) is 0.865. The third kappa shape index (κ3) is 2.88. The van der Waals surface area contributed by atoms with Gasteiger partial charge in [-0.1, -0.05) is 0 Å². The summed E-state index contributed by atoms with van der Waals surface area (Å²) in [6.07, 6.45) is 4.30. The number of aromatic nitrogens is 2. The molecule has 1 fully saturated rings. The van der Waals surface area contributed by atoms with Gasteiger partial charge >= 0.3 is 0 Å². The molecule has 4 rings (SSSR count). The molecule has 0 unspecified atom stereocenters. The van der Waals surface area contributed by atoms with E-state index in [-0.39, 0.29) is 5.91 Å². The Labute approximate surface area is 148 Å². The molecule has 0 spiro atoms. The molecular formula is C20H24N4O. The van der Waals surface area contributed by atoms with Crippen molar-refractivity contribution in [2.45, 2.75) is 40.3 Å². The predicted molar refractivity (Wildman–Crippen MR) is 97.3 cm³/mol. The van der Waals surface area contributed by atoms with Crippen molar-refractivity contribution in [2.75, 3.05) is 18.0 Å². The maximum atomic E-state index is 12.7. The lowest BCUT2D eigenvalue weighted by atomic mass is 9.95. The van der Waals surface area contributed by atoms with Gasteiger partial charge in [-0.05, 0) is 49.6 Å². The standard InChI is InChI=1S/C20H24N4O/c1-13-14(2)18-11-24(12-19(18)22-15(13)3)20(25)7-16-9-23(10-16)17-5-4-6-21-8-17/h4-6,8,16H,7,9-12H2,1-3H3. The van der Waals surface area contributed by atoms with Crippen molar-refractivity contribution in [3.05, 3.63) is 52.6 Å². The van der Waals surface area contributed by atoms with Gasteiger partial charge in [0.25, 0.3) is 0 Å². The van der Waals surface area contributed by atoms with Crippen molar-refractivity contribution in [3.8, 4) is 0 Å². The Bertz CT molecular complexity index is 812. The molecule has 0 saturated carbocycles. The zero-order valence-electron chi connectivity index (χ0n) is 15.1. The SMILES string of the molecule is Cc1nc2c(c(C)c1C)CN(C(=O)CC1CN(c3cccnc3)C1)C2. The first kappa shape index (κ1) is 16.1. The first-order valence-corrected chi connectivity index (χ1v) is 8.91. The van der Waals surface area contributed by atoms with Crippen LogP contribution in [0.5, 0.6) is 0 Å². The van der Waals surface area contributed by atoms with E-state index in [0.717, 1.165) is 30.2 Å². The van der Waals surface area contributed by atoms with Crippen LogP contribution in [0.2, 0.25) is 0 Å². The number of carbonyl (C=O) groups excluding carboxylic acids is 1. The number of anilines is 1. The van der Waals surface area contributed by atoms with Crippen LogP contribution < -0.4 is 4.90 Å². The number of amides is 1. The summed E-state index contributed by atoms with van der Waals surface area (Å²) >= 11 is 0. The number of hydrogen-bond acceptors (Lipinski definition) is 4. The fourth-order valence-corrected chi connectivity index (χ4v) is 3.84. The number of hydrogen-bond donors (Lipinski definition) is 0. The molecule has 2 aromatic rings. The third-order valence-electron chi connectivity index (χ3n) is 5.68. The van der Waals surface area contributed by atoms with Crippen molar-refractivity contribution in [1.82, 2.24) is 14.9 Å². The molecule has 4 heterocycles. The van der Waals surface area contributed by atoms with E-state index in [1.165, 1.54) is 16.7 Å². The Hall–Kier alpha value is -2.43. The molecule has 0 N–H and O–H groups in total. The van der Waals surface area contributed by atoms with Gasteiger partial charge in [-0.3, -0.25) is 14.8 Å². The fourth-order valence-electron chi connectivity index (χ4n) is 3.84. The van der Waals surface area contributed by atoms with E-state index < -0.39 is 0 Å². The Kier molecular flexibility index (Phi) is 3.94. The van der Waals surface area contributed by atoms with Gasteiger partial charge in [-0.2, -0.15) is 0 Å². The van der Waals surface area contributed by atoms with E-state index >= 15 is 0 Å². The molecule has 2 aliphatic heterocycles. The van der Waals surface area contributed by atoms with Crippen LogP contribution >= 0.6 is 0 Å². The topological polar surface area (TPSA) is 49.3 Å². The van der Waals surface area contributed by atoms with Crippen molar-refractivity contribution in [1.29, 1.82) is 0 Å². The van der Waals surface area contributed by atoms with Crippen LogP contribution in [-0.4, -0.2) is 33.9 Å². The van der Waals surface area contributed by atoms with Crippen LogP contribution in [0.1, 0.15) is 34.5 Å². The molecule has 130 valence electrons. The molecule has 0 radical (unpaired) electrons. The largest absolute Gasteiger partial charge is 0.370 e. The summed E-state index contributed by atoms with van der Waals surface area (Å²) in [5.74, 6) is 0.692. The normalized spacial score (nSPS) is 16.8. The van der Waals surface area contributed by atoms with Gasteiger partial charge < -0.3 is 9.80 Å². The number of nitrogens with zero attached hydrogens (tertiary/aromatic N) is 4. The monoisotopic (exact) mass is 336 g/mol. The maximum absolute atomic E-state index is 12.7. The molecule has 1 amide bonds. The Balaban J connectivity index is 1.35. The molecule has 2 aliphatic rings. The van der Waals surface area contributed by atoms with Crippen molar-refractivity contribution >= 4 is 11.6 Å². The Morgan fingerprint density at radius 3 is 2.72 bits per heavy atom. The lowest BCUT2D eigenvalue weighted by Crippen LogP contribution is -2.48. The van der Waals surface area contributed by atoms with E-state index in [4.69, 9.17) is 4.98 Å². The average Bonchev–Trinajstić information content (AvgIpc) is 3.00. The number of fused-ring (bicyclic) bond motifs is 1. The van der Waals surface area contributed by atoms with Gasteiger partial charge in [-0.25, -0.2) is 0 Å². The molecule has 0 bridgehead atoms. The lowest BCUT2D eigenvalue weighted by molar-refractivity contribution is -0.133. The number of rotatable bonds is 3. The van der Waals surface area contributed by atoms with Crippen molar-refractivity contribution in [3.63, 3.8) is 0 Å². The van der Waals surface area contributed by atoms with Crippen molar-refractivity contribution < 1.29 is 4.79 Å². The highest BCUT2D eigenvalue weighted by molar-refractivity contribution is 5.77. The van der Waals surface area contributed by atoms with Crippen LogP contribution in [0.15, 0.2) is 24.5 Å². The number of pyridine rings is 2. The van der Waals surface area contributed by atoms with E-state index in [1.807, 2.05) is 17.2 Å². The van der Waals surface area contributed by atoms with Gasteiger partial charge in [0, 0.05) is 43.9 Å². The molecule has 2 aromatic heterocycles. The zero-order chi connectivity index (χ0) is 17.6. The summed E-state index contributed by atoms with van der Waals surface area (Å²) in [7, 11) is 0. The van der Waals surface area contributed by atoms with Gasteiger partial charge in [0.2, 0.25) is 5.91 Å². The summed E-state index contributed by atoms with van der Waals surface area (Å²) in [5, 5.41) is 0. The van der Waals surface area contributed by atoms with Crippen molar-refractivity contribution in [2.24, 2.45) is 5.92 Å². The first-order chi connectivity index (χ1) is 12.0. The molecule has 0 aliphatic carbocycles. The second-order valence-corrected chi connectivity index (χ2v) is 7.31. The van der Waals surface area contributed by atoms with E-state index in [2.05, 4.69) is 36.7 Å². The van der Waals surface area contributed by atoms with E-state index in [1.54, 1.807) is 6.20 Å². The molecule has 0 aromatic carbocycles.